The van der Waals surface area contributed by atoms with Gasteiger partial charge in [0.25, 0.3) is 0 Å². The zero-order valence-corrected chi connectivity index (χ0v) is 7.60. The van der Waals surface area contributed by atoms with Crippen molar-refractivity contribution < 1.29 is 0 Å². The van der Waals surface area contributed by atoms with Crippen LogP contribution in [0.4, 0.5) is 0 Å². The fraction of sp³-hybridized carbons (Fsp3) is 0.100. The number of halogens is 1. The summed E-state index contributed by atoms with van der Waals surface area (Å²) in [5.41, 5.74) is 1.90. The summed E-state index contributed by atoms with van der Waals surface area (Å²) in [5.74, 6) is 0. The van der Waals surface area contributed by atoms with Crippen molar-refractivity contribution in [3.05, 3.63) is 35.0 Å². The van der Waals surface area contributed by atoms with Gasteiger partial charge in [-0.05, 0) is 23.8 Å². The highest BCUT2D eigenvalue weighted by Crippen LogP contribution is 2.23. The van der Waals surface area contributed by atoms with E-state index in [1.165, 1.54) is 0 Å². The minimum atomic E-state index is 0.355. The first-order valence-electron chi connectivity index (χ1n) is 3.94. The molecule has 0 radical (unpaired) electrons. The Labute approximate surface area is 80.7 Å². The van der Waals surface area contributed by atoms with Crippen LogP contribution in [-0.2, 0) is 6.42 Å². The van der Waals surface area contributed by atoms with Gasteiger partial charge in [-0.25, -0.2) is 0 Å². The summed E-state index contributed by atoms with van der Waals surface area (Å²) in [6, 6.07) is 7.83. The fourth-order valence-corrected chi connectivity index (χ4v) is 1.58. The Morgan fingerprint density at radius 3 is 3.08 bits per heavy atom. The summed E-state index contributed by atoms with van der Waals surface area (Å²) in [6.45, 7) is 0. The van der Waals surface area contributed by atoms with Gasteiger partial charge in [-0.15, -0.1) is 0 Å². The summed E-state index contributed by atoms with van der Waals surface area (Å²) in [5, 5.41) is 10.3. The molecule has 1 aromatic heterocycles. The molecule has 3 heteroatoms. The standard InChI is InChI=1S/C10H7ClN2/c11-9-5-8-2-4-13-10(8)6-7(9)1-3-12/h2,4-6,13H,1H2. The molecule has 1 aromatic carbocycles. The van der Waals surface area contributed by atoms with Gasteiger partial charge < -0.3 is 4.98 Å². The highest BCUT2D eigenvalue weighted by molar-refractivity contribution is 6.32. The molecule has 0 atom stereocenters. The number of rotatable bonds is 1. The van der Waals surface area contributed by atoms with E-state index in [-0.39, 0.29) is 0 Å². The first-order chi connectivity index (χ1) is 6.31. The summed E-state index contributed by atoms with van der Waals surface area (Å²) < 4.78 is 0. The molecule has 0 aliphatic heterocycles. The Kier molecular flexibility index (Phi) is 1.96. The van der Waals surface area contributed by atoms with Crippen molar-refractivity contribution in [3.63, 3.8) is 0 Å². The molecule has 1 heterocycles. The lowest BCUT2D eigenvalue weighted by atomic mass is 10.1. The number of nitrogens with zero attached hydrogens (tertiary/aromatic N) is 1. The maximum absolute atomic E-state index is 8.55. The zero-order valence-electron chi connectivity index (χ0n) is 6.84. The second-order valence-electron chi connectivity index (χ2n) is 2.84. The van der Waals surface area contributed by atoms with E-state index in [4.69, 9.17) is 16.9 Å². The zero-order chi connectivity index (χ0) is 9.26. The minimum absolute atomic E-state index is 0.355. The van der Waals surface area contributed by atoms with Gasteiger partial charge in [0.1, 0.15) is 0 Å². The number of hydrogen-bond acceptors (Lipinski definition) is 1. The van der Waals surface area contributed by atoms with Gasteiger partial charge in [0, 0.05) is 22.1 Å². The van der Waals surface area contributed by atoms with Crippen LogP contribution in [-0.4, -0.2) is 4.98 Å². The molecule has 64 valence electrons. The Hall–Kier alpha value is -1.46. The van der Waals surface area contributed by atoms with Gasteiger partial charge in [-0.3, -0.25) is 0 Å². The molecule has 0 aliphatic rings. The molecular formula is C10H7ClN2. The third-order valence-electron chi connectivity index (χ3n) is 1.99. The van der Waals surface area contributed by atoms with Crippen molar-refractivity contribution in [2.75, 3.05) is 0 Å². The largest absolute Gasteiger partial charge is 0.361 e. The second-order valence-corrected chi connectivity index (χ2v) is 3.25. The molecule has 0 unspecified atom stereocenters. The SMILES string of the molecule is N#CCc1cc2[nH]ccc2cc1Cl. The maximum atomic E-state index is 8.55. The van der Waals surface area contributed by atoms with E-state index in [2.05, 4.69) is 11.1 Å². The first-order valence-corrected chi connectivity index (χ1v) is 4.31. The molecule has 0 saturated carbocycles. The number of nitrogens with one attached hydrogen (secondary N) is 1. The Balaban J connectivity index is 2.64. The molecule has 0 fully saturated rings. The molecule has 2 aromatic rings. The van der Waals surface area contributed by atoms with Crippen molar-refractivity contribution in [1.82, 2.24) is 4.98 Å². The van der Waals surface area contributed by atoms with Crippen molar-refractivity contribution in [3.8, 4) is 6.07 Å². The van der Waals surface area contributed by atoms with E-state index < -0.39 is 0 Å². The summed E-state index contributed by atoms with van der Waals surface area (Å²) in [4.78, 5) is 3.08. The average Bonchev–Trinajstić information content (AvgIpc) is 2.52. The molecule has 0 saturated heterocycles. The minimum Gasteiger partial charge on any atom is -0.361 e. The number of aromatic nitrogens is 1. The van der Waals surface area contributed by atoms with Gasteiger partial charge in [0.05, 0.1) is 12.5 Å². The van der Waals surface area contributed by atoms with Crippen LogP contribution < -0.4 is 0 Å². The molecule has 0 bridgehead atoms. The van der Waals surface area contributed by atoms with Crippen molar-refractivity contribution >= 4 is 22.5 Å². The molecule has 0 spiro atoms. The topological polar surface area (TPSA) is 39.6 Å². The predicted molar refractivity (Wildman–Crippen MR) is 52.6 cm³/mol. The van der Waals surface area contributed by atoms with Crippen LogP contribution in [0.5, 0.6) is 0 Å². The number of nitriles is 1. The van der Waals surface area contributed by atoms with Crippen LogP contribution in [0.25, 0.3) is 10.9 Å². The van der Waals surface area contributed by atoms with Crippen molar-refractivity contribution in [2.24, 2.45) is 0 Å². The number of aromatic amines is 1. The van der Waals surface area contributed by atoms with Crippen molar-refractivity contribution in [1.29, 1.82) is 5.26 Å². The van der Waals surface area contributed by atoms with E-state index in [0.29, 0.717) is 11.4 Å². The van der Waals surface area contributed by atoms with Crippen molar-refractivity contribution in [2.45, 2.75) is 6.42 Å². The monoisotopic (exact) mass is 190 g/mol. The Bertz CT molecular complexity index is 479. The summed E-state index contributed by atoms with van der Waals surface area (Å²) in [7, 11) is 0. The molecule has 2 rings (SSSR count). The van der Waals surface area contributed by atoms with Gasteiger partial charge in [-0.1, -0.05) is 11.6 Å². The number of hydrogen-bond donors (Lipinski definition) is 1. The number of H-pyrrole nitrogens is 1. The van der Waals surface area contributed by atoms with Crippen LogP contribution in [0, 0.1) is 11.3 Å². The predicted octanol–water partition coefficient (Wildman–Crippen LogP) is 2.89. The smallest absolute Gasteiger partial charge is 0.0670 e. The fourth-order valence-electron chi connectivity index (χ4n) is 1.34. The first kappa shape index (κ1) is 8.15. The molecule has 1 N–H and O–H groups in total. The van der Waals surface area contributed by atoms with Gasteiger partial charge in [0.15, 0.2) is 0 Å². The van der Waals surface area contributed by atoms with Gasteiger partial charge in [-0.2, -0.15) is 5.26 Å². The summed E-state index contributed by atoms with van der Waals surface area (Å²) >= 11 is 5.97. The lowest BCUT2D eigenvalue weighted by Crippen LogP contribution is -1.83. The normalized spacial score (nSPS) is 10.2. The second kappa shape index (κ2) is 3.12. The van der Waals surface area contributed by atoms with E-state index in [0.717, 1.165) is 16.5 Å². The van der Waals surface area contributed by atoms with Crippen LogP contribution in [0.2, 0.25) is 5.02 Å². The lowest BCUT2D eigenvalue weighted by molar-refractivity contribution is 1.27. The Morgan fingerprint density at radius 2 is 2.31 bits per heavy atom. The maximum Gasteiger partial charge on any atom is 0.0670 e. The third-order valence-corrected chi connectivity index (χ3v) is 2.34. The van der Waals surface area contributed by atoms with Crippen LogP contribution >= 0.6 is 11.6 Å². The van der Waals surface area contributed by atoms with E-state index in [1.54, 1.807) is 0 Å². The molecule has 13 heavy (non-hydrogen) atoms. The van der Waals surface area contributed by atoms with Gasteiger partial charge >= 0.3 is 0 Å². The van der Waals surface area contributed by atoms with E-state index >= 15 is 0 Å². The average molecular weight is 191 g/mol. The van der Waals surface area contributed by atoms with Gasteiger partial charge in [0.2, 0.25) is 0 Å². The number of fused-ring (bicyclic) bond motifs is 1. The van der Waals surface area contributed by atoms with Crippen LogP contribution in [0.3, 0.4) is 0 Å². The van der Waals surface area contributed by atoms with E-state index in [1.807, 2.05) is 24.4 Å². The quantitative estimate of drug-likeness (QED) is 0.738. The Morgan fingerprint density at radius 1 is 1.46 bits per heavy atom. The highest BCUT2D eigenvalue weighted by Gasteiger charge is 2.02. The van der Waals surface area contributed by atoms with E-state index in [9.17, 15) is 0 Å². The third kappa shape index (κ3) is 1.39. The molecule has 0 amide bonds. The number of benzene rings is 1. The lowest BCUT2D eigenvalue weighted by Gasteiger charge is -1.99. The molecular weight excluding hydrogens is 184 g/mol. The van der Waals surface area contributed by atoms with Crippen LogP contribution in [0.15, 0.2) is 24.4 Å². The molecule has 2 nitrogen and oxygen atoms in total. The summed E-state index contributed by atoms with van der Waals surface area (Å²) in [6.07, 6.45) is 2.21. The van der Waals surface area contributed by atoms with Crippen LogP contribution in [0.1, 0.15) is 5.56 Å². The highest BCUT2D eigenvalue weighted by atomic mass is 35.5. The molecule has 0 aliphatic carbocycles.